The van der Waals surface area contributed by atoms with Crippen LogP contribution in [-0.4, -0.2) is 25.3 Å². The Hall–Kier alpha value is -3.42. The number of H-pyrrole nitrogens is 1. The fourth-order valence-corrected chi connectivity index (χ4v) is 2.80. The number of hydrogen-bond donors (Lipinski definition) is 2. The van der Waals surface area contributed by atoms with Gasteiger partial charge in [-0.2, -0.15) is 18.3 Å². The molecule has 26 heavy (non-hydrogen) atoms. The van der Waals surface area contributed by atoms with Crippen molar-refractivity contribution in [1.82, 2.24) is 20.2 Å². The molecule has 0 unspecified atom stereocenters. The molecule has 0 spiro atoms. The number of nitrogens with zero attached hydrogens (tertiary/aromatic N) is 3. The monoisotopic (exact) mass is 356 g/mol. The van der Waals surface area contributed by atoms with Crippen LogP contribution < -0.4 is 0 Å². The number of hydrogen-bond acceptors (Lipinski definition) is 4. The van der Waals surface area contributed by atoms with Crippen molar-refractivity contribution in [3.8, 4) is 28.7 Å². The summed E-state index contributed by atoms with van der Waals surface area (Å²) < 4.78 is 39.6. The lowest BCUT2D eigenvalue weighted by Gasteiger charge is -2.09. The standard InChI is InChI=1S/C18H11F3N4O/c19-18(20,21)12-6-3-9-22-15(12)17-23-16(24-25-17)14-11-5-2-1-4-10(11)7-8-13(14)26/h1-9,26H,(H,23,24,25). The van der Waals surface area contributed by atoms with Gasteiger partial charge in [-0.1, -0.05) is 30.3 Å². The second-order valence-electron chi connectivity index (χ2n) is 5.59. The first-order chi connectivity index (χ1) is 12.4. The number of nitrogens with one attached hydrogen (secondary N) is 1. The number of aromatic nitrogens is 4. The maximum absolute atomic E-state index is 13.2. The minimum Gasteiger partial charge on any atom is -0.507 e. The highest BCUT2D eigenvalue weighted by Gasteiger charge is 2.35. The quantitative estimate of drug-likeness (QED) is 0.558. The van der Waals surface area contributed by atoms with Gasteiger partial charge in [0.25, 0.3) is 0 Å². The van der Waals surface area contributed by atoms with Crippen molar-refractivity contribution in [2.24, 2.45) is 0 Å². The van der Waals surface area contributed by atoms with Gasteiger partial charge in [0, 0.05) is 6.20 Å². The molecule has 0 saturated carbocycles. The van der Waals surface area contributed by atoms with E-state index in [2.05, 4.69) is 20.2 Å². The van der Waals surface area contributed by atoms with Crippen LogP contribution in [0.1, 0.15) is 5.56 Å². The predicted molar refractivity (Wildman–Crippen MR) is 89.2 cm³/mol. The number of rotatable bonds is 2. The third kappa shape index (κ3) is 2.65. The molecule has 0 amide bonds. The number of benzene rings is 2. The average molecular weight is 356 g/mol. The Kier molecular flexibility index (Phi) is 3.61. The van der Waals surface area contributed by atoms with Gasteiger partial charge in [-0.15, -0.1) is 0 Å². The minimum atomic E-state index is -4.58. The average Bonchev–Trinajstić information content (AvgIpc) is 3.10. The van der Waals surface area contributed by atoms with Crippen LogP contribution in [0.4, 0.5) is 13.2 Å². The summed E-state index contributed by atoms with van der Waals surface area (Å²) in [6.45, 7) is 0. The van der Waals surface area contributed by atoms with E-state index in [0.29, 0.717) is 10.9 Å². The number of pyridine rings is 1. The molecule has 5 nitrogen and oxygen atoms in total. The van der Waals surface area contributed by atoms with Gasteiger partial charge in [-0.05, 0) is 29.0 Å². The maximum atomic E-state index is 13.2. The van der Waals surface area contributed by atoms with Crippen molar-refractivity contribution in [3.05, 3.63) is 60.3 Å². The van der Waals surface area contributed by atoms with Crippen molar-refractivity contribution in [3.63, 3.8) is 0 Å². The zero-order valence-corrected chi connectivity index (χ0v) is 13.1. The summed E-state index contributed by atoms with van der Waals surface area (Å²) in [5, 5.41) is 18.3. The fourth-order valence-electron chi connectivity index (χ4n) is 2.80. The van der Waals surface area contributed by atoms with E-state index in [4.69, 9.17) is 0 Å². The molecule has 2 N–H and O–H groups in total. The Morgan fingerprint density at radius 1 is 0.962 bits per heavy atom. The number of phenols is 1. The Morgan fingerprint density at radius 3 is 2.58 bits per heavy atom. The Labute approximate surface area is 145 Å². The van der Waals surface area contributed by atoms with Crippen LogP contribution in [0.5, 0.6) is 5.75 Å². The Morgan fingerprint density at radius 2 is 1.77 bits per heavy atom. The van der Waals surface area contributed by atoms with Crippen molar-refractivity contribution in [2.75, 3.05) is 0 Å². The summed E-state index contributed by atoms with van der Waals surface area (Å²) >= 11 is 0. The summed E-state index contributed by atoms with van der Waals surface area (Å²) in [6.07, 6.45) is -3.33. The Bertz CT molecular complexity index is 1100. The number of aromatic amines is 1. The summed E-state index contributed by atoms with van der Waals surface area (Å²) in [5.41, 5.74) is -0.929. The zero-order chi connectivity index (χ0) is 18.3. The van der Waals surface area contributed by atoms with E-state index in [1.54, 1.807) is 18.2 Å². The van der Waals surface area contributed by atoms with Crippen LogP contribution in [0.3, 0.4) is 0 Å². The van der Waals surface area contributed by atoms with Crippen LogP contribution in [-0.2, 0) is 6.18 Å². The van der Waals surface area contributed by atoms with E-state index >= 15 is 0 Å². The molecule has 130 valence electrons. The van der Waals surface area contributed by atoms with Gasteiger partial charge in [-0.25, -0.2) is 4.98 Å². The van der Waals surface area contributed by atoms with Crippen molar-refractivity contribution in [2.45, 2.75) is 6.18 Å². The maximum Gasteiger partial charge on any atom is 0.418 e. The topological polar surface area (TPSA) is 74.7 Å². The van der Waals surface area contributed by atoms with Crippen LogP contribution in [0.2, 0.25) is 0 Å². The third-order valence-corrected chi connectivity index (χ3v) is 3.95. The first-order valence-corrected chi connectivity index (χ1v) is 7.61. The molecule has 2 aromatic heterocycles. The van der Waals surface area contributed by atoms with E-state index in [1.807, 2.05) is 12.1 Å². The van der Waals surface area contributed by atoms with Gasteiger partial charge in [0.15, 0.2) is 5.82 Å². The molecule has 0 saturated heterocycles. The third-order valence-electron chi connectivity index (χ3n) is 3.95. The van der Waals surface area contributed by atoms with E-state index in [9.17, 15) is 18.3 Å². The molecule has 0 atom stereocenters. The molecule has 0 bridgehead atoms. The predicted octanol–water partition coefficient (Wildman–Crippen LogP) is 4.41. The van der Waals surface area contributed by atoms with E-state index in [0.717, 1.165) is 11.5 Å². The van der Waals surface area contributed by atoms with Crippen molar-refractivity contribution >= 4 is 10.8 Å². The highest BCUT2D eigenvalue weighted by atomic mass is 19.4. The molecule has 2 aromatic carbocycles. The van der Waals surface area contributed by atoms with Crippen LogP contribution >= 0.6 is 0 Å². The van der Waals surface area contributed by atoms with Gasteiger partial charge >= 0.3 is 6.18 Å². The Balaban J connectivity index is 1.88. The van der Waals surface area contributed by atoms with Crippen LogP contribution in [0, 0.1) is 0 Å². The fraction of sp³-hybridized carbons (Fsp3) is 0.0556. The van der Waals surface area contributed by atoms with E-state index in [1.165, 1.54) is 18.3 Å². The van der Waals surface area contributed by atoms with E-state index in [-0.39, 0.29) is 23.1 Å². The van der Waals surface area contributed by atoms with Gasteiger partial charge in [0.05, 0.1) is 11.1 Å². The number of halogens is 3. The molecule has 0 aliphatic rings. The first-order valence-electron chi connectivity index (χ1n) is 7.61. The molecular weight excluding hydrogens is 345 g/mol. The second-order valence-corrected chi connectivity index (χ2v) is 5.59. The lowest BCUT2D eigenvalue weighted by Crippen LogP contribution is -2.08. The largest absolute Gasteiger partial charge is 0.507 e. The lowest BCUT2D eigenvalue weighted by atomic mass is 10.0. The van der Waals surface area contributed by atoms with Crippen molar-refractivity contribution in [1.29, 1.82) is 0 Å². The molecule has 8 heteroatoms. The van der Waals surface area contributed by atoms with E-state index < -0.39 is 11.7 Å². The first kappa shape index (κ1) is 16.1. The number of phenolic OH excluding ortho intramolecular Hbond substituents is 1. The number of aromatic hydroxyl groups is 1. The van der Waals surface area contributed by atoms with Crippen molar-refractivity contribution < 1.29 is 18.3 Å². The molecule has 2 heterocycles. The molecule has 0 fully saturated rings. The molecular formula is C18H11F3N4O. The van der Waals surface area contributed by atoms with Gasteiger partial charge in [-0.3, -0.25) is 10.1 Å². The summed E-state index contributed by atoms with van der Waals surface area (Å²) in [4.78, 5) is 7.93. The molecule has 0 aliphatic heterocycles. The zero-order valence-electron chi connectivity index (χ0n) is 13.1. The molecule has 4 aromatic rings. The lowest BCUT2D eigenvalue weighted by molar-refractivity contribution is -0.137. The van der Waals surface area contributed by atoms with Gasteiger partial charge in [0.2, 0.25) is 5.82 Å². The number of fused-ring (bicyclic) bond motifs is 1. The SMILES string of the molecule is Oc1ccc2ccccc2c1-c1nc(-c2ncccc2C(F)(F)F)n[nH]1. The van der Waals surface area contributed by atoms with Gasteiger partial charge in [0.1, 0.15) is 11.4 Å². The summed E-state index contributed by atoms with van der Waals surface area (Å²) in [6, 6.07) is 12.7. The van der Waals surface area contributed by atoms with Crippen LogP contribution in [0.15, 0.2) is 54.7 Å². The smallest absolute Gasteiger partial charge is 0.418 e. The number of alkyl halides is 3. The molecule has 0 aliphatic carbocycles. The molecule has 0 radical (unpaired) electrons. The summed E-state index contributed by atoms with van der Waals surface area (Å²) in [7, 11) is 0. The summed E-state index contributed by atoms with van der Waals surface area (Å²) in [5.74, 6) is -0.0863. The van der Waals surface area contributed by atoms with Gasteiger partial charge < -0.3 is 5.11 Å². The minimum absolute atomic E-state index is 0.0523. The highest BCUT2D eigenvalue weighted by molar-refractivity contribution is 5.98. The highest BCUT2D eigenvalue weighted by Crippen LogP contribution is 2.37. The second kappa shape index (κ2) is 5.83. The molecule has 4 rings (SSSR count). The van der Waals surface area contributed by atoms with Crippen LogP contribution in [0.25, 0.3) is 33.7 Å². The normalized spacial score (nSPS) is 11.8.